The van der Waals surface area contributed by atoms with E-state index in [0.29, 0.717) is 51.8 Å². The van der Waals surface area contributed by atoms with Gasteiger partial charge in [-0.15, -0.1) is 0 Å². The molecule has 0 spiro atoms. The molecule has 1 amide bonds. The second-order valence-electron chi connectivity index (χ2n) is 10.1. The van der Waals surface area contributed by atoms with Crippen LogP contribution in [0.5, 0.6) is 0 Å². The lowest BCUT2D eigenvalue weighted by Crippen LogP contribution is -2.32. The van der Waals surface area contributed by atoms with Gasteiger partial charge in [-0.1, -0.05) is 30.3 Å². The van der Waals surface area contributed by atoms with Crippen molar-refractivity contribution >= 4 is 32.3 Å². The zero-order chi connectivity index (χ0) is 29.2. The van der Waals surface area contributed by atoms with Gasteiger partial charge < -0.3 is 15.2 Å². The zero-order valence-corrected chi connectivity index (χ0v) is 22.7. The summed E-state index contributed by atoms with van der Waals surface area (Å²) in [5, 5.41) is 15.7. The Balaban J connectivity index is 1.38. The highest BCUT2D eigenvalue weighted by atomic mass is 32.2. The van der Waals surface area contributed by atoms with E-state index in [4.69, 9.17) is 5.26 Å². The third kappa shape index (κ3) is 6.72. The maximum absolute atomic E-state index is 13.7. The van der Waals surface area contributed by atoms with E-state index in [-0.39, 0.29) is 30.0 Å². The molecule has 2 heterocycles. The number of sulfone groups is 1. The van der Waals surface area contributed by atoms with Gasteiger partial charge in [0, 0.05) is 34.9 Å². The summed E-state index contributed by atoms with van der Waals surface area (Å²) in [5.74, 6) is -0.137. The second-order valence-corrected chi connectivity index (χ2v) is 12.4. The number of alkyl halides is 3. The largest absolute Gasteiger partial charge is 0.406 e. The number of rotatable bonds is 7. The number of halogens is 3. The van der Waals surface area contributed by atoms with E-state index >= 15 is 0 Å². The minimum Gasteiger partial charge on any atom is -0.382 e. The number of anilines is 1. The van der Waals surface area contributed by atoms with Gasteiger partial charge in [-0.3, -0.25) is 4.79 Å². The van der Waals surface area contributed by atoms with Crippen molar-refractivity contribution in [3.05, 3.63) is 89.5 Å². The summed E-state index contributed by atoms with van der Waals surface area (Å²) >= 11 is 0. The van der Waals surface area contributed by atoms with Crippen molar-refractivity contribution in [1.29, 1.82) is 5.26 Å². The smallest absolute Gasteiger partial charge is 0.382 e. The van der Waals surface area contributed by atoms with Gasteiger partial charge in [0.25, 0.3) is 5.91 Å². The van der Waals surface area contributed by atoms with Crippen LogP contribution in [0.2, 0.25) is 0 Å². The van der Waals surface area contributed by atoms with Crippen LogP contribution in [-0.4, -0.2) is 42.6 Å². The summed E-state index contributed by atoms with van der Waals surface area (Å²) < 4.78 is 65.9. The minimum atomic E-state index is -4.45. The Labute approximate surface area is 235 Å². The second kappa shape index (κ2) is 11.3. The first-order valence-corrected chi connectivity index (χ1v) is 14.9. The third-order valence-corrected chi connectivity index (χ3v) is 8.89. The molecule has 0 aliphatic carbocycles. The highest BCUT2D eigenvalue weighted by molar-refractivity contribution is 7.91. The highest BCUT2D eigenvalue weighted by Crippen LogP contribution is 2.36. The number of fused-ring (bicyclic) bond motifs is 1. The van der Waals surface area contributed by atoms with E-state index < -0.39 is 22.6 Å². The molecule has 11 heteroatoms. The van der Waals surface area contributed by atoms with Crippen LogP contribution in [0.3, 0.4) is 0 Å². The predicted molar refractivity (Wildman–Crippen MR) is 151 cm³/mol. The van der Waals surface area contributed by atoms with Crippen molar-refractivity contribution in [2.24, 2.45) is 0 Å². The number of nitriles is 1. The average Bonchev–Trinajstić information content (AvgIpc) is 3.31. The monoisotopic (exact) mass is 580 g/mol. The Morgan fingerprint density at radius 2 is 1.68 bits per heavy atom. The molecule has 0 radical (unpaired) electrons. The molecule has 41 heavy (non-hydrogen) atoms. The quantitative estimate of drug-likeness (QED) is 0.294. The lowest BCUT2D eigenvalue weighted by molar-refractivity contribution is -0.139. The van der Waals surface area contributed by atoms with E-state index in [0.717, 1.165) is 5.56 Å². The van der Waals surface area contributed by atoms with Crippen LogP contribution in [-0.2, 0) is 22.9 Å². The molecule has 1 aliphatic heterocycles. The number of carbonyl (C=O) groups excluding carboxylic acids is 1. The van der Waals surface area contributed by atoms with Gasteiger partial charge in [0.1, 0.15) is 16.4 Å². The Morgan fingerprint density at radius 1 is 1.00 bits per heavy atom. The Morgan fingerprint density at radius 3 is 2.32 bits per heavy atom. The number of aromatic nitrogens is 1. The van der Waals surface area contributed by atoms with Gasteiger partial charge in [-0.05, 0) is 66.4 Å². The fourth-order valence-electron chi connectivity index (χ4n) is 5.03. The molecule has 0 saturated carbocycles. The van der Waals surface area contributed by atoms with E-state index in [9.17, 15) is 26.4 Å². The lowest BCUT2D eigenvalue weighted by atomic mass is 10.1. The maximum atomic E-state index is 13.7. The fraction of sp³-hybridized carbons (Fsp3) is 0.267. The Kier molecular flexibility index (Phi) is 7.78. The molecule has 1 aliphatic rings. The van der Waals surface area contributed by atoms with Crippen LogP contribution in [0.25, 0.3) is 22.2 Å². The summed E-state index contributed by atoms with van der Waals surface area (Å²) in [6.45, 7) is -0.949. The maximum Gasteiger partial charge on any atom is 0.406 e. The van der Waals surface area contributed by atoms with Crippen molar-refractivity contribution in [3.63, 3.8) is 0 Å². The zero-order valence-electron chi connectivity index (χ0n) is 21.9. The van der Waals surface area contributed by atoms with E-state index in [1.807, 2.05) is 6.07 Å². The highest BCUT2D eigenvalue weighted by Gasteiger charge is 2.31. The van der Waals surface area contributed by atoms with Crippen LogP contribution >= 0.6 is 0 Å². The topological polar surface area (TPSA) is 104 Å². The number of hydrogen-bond acceptors (Lipinski definition) is 5. The van der Waals surface area contributed by atoms with Crippen LogP contribution in [0, 0.1) is 11.3 Å². The first kappa shape index (κ1) is 28.2. The molecule has 2 N–H and O–H groups in total. The Hall–Kier alpha value is -4.30. The number of nitrogens with one attached hydrogen (secondary N) is 2. The van der Waals surface area contributed by atoms with Crippen molar-refractivity contribution in [3.8, 4) is 17.3 Å². The van der Waals surface area contributed by atoms with Gasteiger partial charge in [-0.2, -0.15) is 18.4 Å². The van der Waals surface area contributed by atoms with Gasteiger partial charge in [0.15, 0.2) is 0 Å². The van der Waals surface area contributed by atoms with Crippen LogP contribution < -0.4 is 10.6 Å². The summed E-state index contributed by atoms with van der Waals surface area (Å²) in [7, 11) is -3.04. The number of benzene rings is 3. The molecule has 3 aromatic carbocycles. The van der Waals surface area contributed by atoms with Gasteiger partial charge >= 0.3 is 6.18 Å². The van der Waals surface area contributed by atoms with Crippen LogP contribution in [0.15, 0.2) is 72.8 Å². The molecular formula is C30H27F3N4O3S. The number of carbonyl (C=O) groups is 1. The predicted octanol–water partition coefficient (Wildman–Crippen LogP) is 5.66. The molecule has 4 aromatic rings. The fourth-order valence-corrected chi connectivity index (χ4v) is 6.52. The molecule has 7 nitrogen and oxygen atoms in total. The van der Waals surface area contributed by atoms with Crippen molar-refractivity contribution in [2.45, 2.75) is 38.1 Å². The first-order chi connectivity index (χ1) is 19.5. The summed E-state index contributed by atoms with van der Waals surface area (Å²) in [5.41, 5.74) is 3.70. The normalized spacial score (nSPS) is 15.4. The molecule has 5 rings (SSSR count). The molecule has 0 unspecified atom stereocenters. The van der Waals surface area contributed by atoms with E-state index in [2.05, 4.69) is 10.6 Å². The SMILES string of the molecule is N#Cc1ccc(C(=O)NCc2ccc(-c3cc4c(NC5CCS(=O)(=O)CC5)cccc4n3CC(F)(F)F)cc2)cc1. The van der Waals surface area contributed by atoms with Crippen molar-refractivity contribution < 1.29 is 26.4 Å². The van der Waals surface area contributed by atoms with Gasteiger partial charge in [0.2, 0.25) is 0 Å². The molecular weight excluding hydrogens is 553 g/mol. The van der Waals surface area contributed by atoms with Crippen LogP contribution in [0.1, 0.15) is 34.3 Å². The first-order valence-electron chi connectivity index (χ1n) is 13.0. The molecule has 212 valence electrons. The Bertz CT molecular complexity index is 1710. The average molecular weight is 581 g/mol. The minimum absolute atomic E-state index is 0.0846. The molecule has 1 aromatic heterocycles. The van der Waals surface area contributed by atoms with Crippen molar-refractivity contribution in [2.75, 3.05) is 16.8 Å². The summed E-state index contributed by atoms with van der Waals surface area (Å²) in [6.07, 6.45) is -3.56. The summed E-state index contributed by atoms with van der Waals surface area (Å²) in [6, 6.07) is 22.0. The number of amides is 1. The lowest BCUT2D eigenvalue weighted by Gasteiger charge is -2.24. The van der Waals surface area contributed by atoms with E-state index in [1.54, 1.807) is 72.8 Å². The number of nitrogens with zero attached hydrogens (tertiary/aromatic N) is 2. The molecule has 0 bridgehead atoms. The van der Waals surface area contributed by atoms with E-state index in [1.165, 1.54) is 4.57 Å². The standard InChI is InChI=1S/C30H27F3N4O3S/c31-30(32,33)19-37-27-3-1-2-26(36-24-12-14-41(39,40)15-13-24)25(27)16-28(37)22-8-6-21(7-9-22)18-35-29(38)23-10-4-20(17-34)5-11-23/h1-11,16,24,36H,12-15,18-19H2,(H,35,38). The molecule has 1 fully saturated rings. The third-order valence-electron chi connectivity index (χ3n) is 7.18. The van der Waals surface area contributed by atoms with Crippen molar-refractivity contribution in [1.82, 2.24) is 9.88 Å². The molecule has 0 atom stereocenters. The van der Waals surface area contributed by atoms with Gasteiger partial charge in [0.05, 0.1) is 28.7 Å². The van der Waals surface area contributed by atoms with Gasteiger partial charge in [-0.25, -0.2) is 8.42 Å². The van der Waals surface area contributed by atoms with Crippen LogP contribution in [0.4, 0.5) is 18.9 Å². The summed E-state index contributed by atoms with van der Waals surface area (Å²) in [4.78, 5) is 12.4. The number of hydrogen-bond donors (Lipinski definition) is 2. The molecule has 1 saturated heterocycles.